The molecule has 0 saturated heterocycles. The van der Waals surface area contributed by atoms with E-state index in [-0.39, 0.29) is 16.7 Å². The molecule has 0 amide bonds. The molecular weight excluding hydrogens is 386 g/mol. The molecule has 1 atom stereocenters. The Labute approximate surface area is 163 Å². The molecule has 28 heavy (non-hydrogen) atoms. The minimum atomic E-state index is -3.78. The molecule has 1 aliphatic heterocycles. The van der Waals surface area contributed by atoms with Crippen LogP contribution >= 0.6 is 0 Å². The zero-order valence-electron chi connectivity index (χ0n) is 15.5. The smallest absolute Gasteiger partial charge is 0.293 e. The average Bonchev–Trinajstić information content (AvgIpc) is 2.71. The molecule has 1 unspecified atom stereocenters. The minimum absolute atomic E-state index is 0.160. The van der Waals surface area contributed by atoms with Crippen LogP contribution in [0.2, 0.25) is 0 Å². The van der Waals surface area contributed by atoms with E-state index in [4.69, 9.17) is 9.47 Å². The largest absolute Gasteiger partial charge is 0.486 e. The van der Waals surface area contributed by atoms with Gasteiger partial charge in [-0.2, -0.15) is 0 Å². The number of fused-ring (bicyclic) bond motifs is 1. The number of hydrogen-bond donors (Lipinski definition) is 1. The average molecular weight is 407 g/mol. The fourth-order valence-corrected chi connectivity index (χ4v) is 3.75. The van der Waals surface area contributed by atoms with Crippen LogP contribution in [0.15, 0.2) is 47.4 Å². The lowest BCUT2D eigenvalue weighted by atomic mass is 10.2. The van der Waals surface area contributed by atoms with Crippen molar-refractivity contribution < 1.29 is 22.8 Å². The van der Waals surface area contributed by atoms with Gasteiger partial charge in [0.25, 0.3) is 5.69 Å². The predicted octanol–water partition coefficient (Wildman–Crippen LogP) is 2.17. The van der Waals surface area contributed by atoms with Gasteiger partial charge >= 0.3 is 0 Å². The van der Waals surface area contributed by atoms with Crippen molar-refractivity contribution in [3.8, 4) is 11.5 Å². The second kappa shape index (κ2) is 8.03. The van der Waals surface area contributed by atoms with Gasteiger partial charge in [-0.15, -0.1) is 0 Å². The lowest BCUT2D eigenvalue weighted by Gasteiger charge is -2.31. The number of likely N-dealkylation sites (N-methyl/N-ethyl adjacent to an activating group) is 1. The van der Waals surface area contributed by atoms with Crippen LogP contribution in [0.5, 0.6) is 11.5 Å². The molecule has 10 heteroatoms. The third kappa shape index (κ3) is 4.02. The zero-order valence-corrected chi connectivity index (χ0v) is 16.3. The van der Waals surface area contributed by atoms with Crippen molar-refractivity contribution >= 4 is 21.4 Å². The fourth-order valence-electron chi connectivity index (χ4n) is 3.00. The van der Waals surface area contributed by atoms with E-state index in [1.165, 1.54) is 19.2 Å². The quantitative estimate of drug-likeness (QED) is 0.553. The summed E-state index contributed by atoms with van der Waals surface area (Å²) in [6, 6.07) is 11.2. The maximum absolute atomic E-state index is 12.0. The zero-order chi connectivity index (χ0) is 20.3. The van der Waals surface area contributed by atoms with Crippen molar-refractivity contribution in [2.45, 2.75) is 17.9 Å². The first kappa shape index (κ1) is 19.9. The summed E-state index contributed by atoms with van der Waals surface area (Å²) in [5.74, 6) is 1.29. The van der Waals surface area contributed by atoms with Gasteiger partial charge in [-0.1, -0.05) is 12.1 Å². The Morgan fingerprint density at radius 3 is 2.61 bits per heavy atom. The Hall–Kier alpha value is -2.85. The Morgan fingerprint density at radius 1 is 1.25 bits per heavy atom. The highest BCUT2D eigenvalue weighted by Crippen LogP contribution is 2.34. The number of nitrogens with zero attached hydrogens (tertiary/aromatic N) is 2. The van der Waals surface area contributed by atoms with E-state index in [0.29, 0.717) is 36.9 Å². The summed E-state index contributed by atoms with van der Waals surface area (Å²) in [5, 5.41) is 11.6. The van der Waals surface area contributed by atoms with Crippen molar-refractivity contribution in [3.63, 3.8) is 0 Å². The van der Waals surface area contributed by atoms with Crippen LogP contribution < -0.4 is 19.1 Å². The summed E-state index contributed by atoms with van der Waals surface area (Å²) in [5.41, 5.74) is 0.0420. The van der Waals surface area contributed by atoms with E-state index in [0.717, 1.165) is 6.07 Å². The third-order valence-corrected chi connectivity index (χ3v) is 5.85. The van der Waals surface area contributed by atoms with Crippen LogP contribution in [0, 0.1) is 10.1 Å². The summed E-state index contributed by atoms with van der Waals surface area (Å²) >= 11 is 0. The second-order valence-electron chi connectivity index (χ2n) is 6.15. The van der Waals surface area contributed by atoms with Gasteiger partial charge in [0, 0.05) is 12.6 Å². The predicted molar refractivity (Wildman–Crippen MR) is 104 cm³/mol. The summed E-state index contributed by atoms with van der Waals surface area (Å²) in [4.78, 5) is 12.6. The molecule has 1 aliphatic rings. The number of hydrogen-bond acceptors (Lipinski definition) is 7. The molecule has 1 N–H and O–H groups in total. The first-order valence-corrected chi connectivity index (χ1v) is 10.2. The Balaban J connectivity index is 1.87. The van der Waals surface area contributed by atoms with E-state index >= 15 is 0 Å². The molecule has 2 aromatic carbocycles. The molecule has 0 saturated carbocycles. The second-order valence-corrected chi connectivity index (χ2v) is 8.04. The molecule has 0 aliphatic carbocycles. The van der Waals surface area contributed by atoms with Crippen molar-refractivity contribution in [2.75, 3.05) is 31.6 Å². The standard InChI is InChI=1S/C18H21N3O6S/c1-3-20(11-13-12-26-17-6-4-5-7-18(17)27-13)15-9-8-14(28(24,25)19-2)10-16(15)21(22)23/h4-10,13,19H,3,11-12H2,1-2H3. The number of ether oxygens (including phenoxy) is 2. The molecule has 150 valence electrons. The highest BCUT2D eigenvalue weighted by Gasteiger charge is 2.27. The van der Waals surface area contributed by atoms with Gasteiger partial charge < -0.3 is 14.4 Å². The van der Waals surface area contributed by atoms with Gasteiger partial charge in [0.15, 0.2) is 17.6 Å². The van der Waals surface area contributed by atoms with Crippen LogP contribution in [0.4, 0.5) is 11.4 Å². The first-order chi connectivity index (χ1) is 13.4. The summed E-state index contributed by atoms with van der Waals surface area (Å²) in [6.45, 7) is 3.00. The molecule has 1 heterocycles. The fraction of sp³-hybridized carbons (Fsp3) is 0.333. The molecule has 0 radical (unpaired) electrons. The molecule has 0 bridgehead atoms. The van der Waals surface area contributed by atoms with Crippen LogP contribution in [0.25, 0.3) is 0 Å². The van der Waals surface area contributed by atoms with Crippen LogP contribution in [0.1, 0.15) is 6.92 Å². The van der Waals surface area contributed by atoms with E-state index in [1.807, 2.05) is 25.1 Å². The van der Waals surface area contributed by atoms with E-state index < -0.39 is 14.9 Å². The first-order valence-electron chi connectivity index (χ1n) is 8.71. The van der Waals surface area contributed by atoms with Crippen molar-refractivity contribution in [1.82, 2.24) is 4.72 Å². The number of benzene rings is 2. The van der Waals surface area contributed by atoms with Crippen molar-refractivity contribution in [2.24, 2.45) is 0 Å². The van der Waals surface area contributed by atoms with Gasteiger partial charge in [0.2, 0.25) is 10.0 Å². The van der Waals surface area contributed by atoms with Gasteiger partial charge in [-0.25, -0.2) is 13.1 Å². The van der Waals surface area contributed by atoms with E-state index in [1.54, 1.807) is 11.0 Å². The highest BCUT2D eigenvalue weighted by molar-refractivity contribution is 7.89. The maximum atomic E-state index is 12.0. The van der Waals surface area contributed by atoms with E-state index in [9.17, 15) is 18.5 Å². The molecule has 0 aromatic heterocycles. The highest BCUT2D eigenvalue weighted by atomic mass is 32.2. The van der Waals surface area contributed by atoms with Gasteiger partial charge in [-0.3, -0.25) is 10.1 Å². The lowest BCUT2D eigenvalue weighted by Crippen LogP contribution is -2.41. The van der Waals surface area contributed by atoms with Crippen LogP contribution in [0.3, 0.4) is 0 Å². The van der Waals surface area contributed by atoms with Gasteiger partial charge in [0.05, 0.1) is 16.4 Å². The summed E-state index contributed by atoms with van der Waals surface area (Å²) in [6.07, 6.45) is -0.324. The molecule has 2 aromatic rings. The Kier molecular flexibility index (Phi) is 5.71. The number of rotatable bonds is 7. The number of nitrogens with one attached hydrogen (secondary N) is 1. The molecule has 0 fully saturated rings. The van der Waals surface area contributed by atoms with Crippen molar-refractivity contribution in [3.05, 3.63) is 52.6 Å². The maximum Gasteiger partial charge on any atom is 0.293 e. The number of nitro groups is 1. The minimum Gasteiger partial charge on any atom is -0.486 e. The normalized spacial score (nSPS) is 15.9. The Morgan fingerprint density at radius 2 is 1.96 bits per heavy atom. The molecule has 9 nitrogen and oxygen atoms in total. The third-order valence-electron chi connectivity index (χ3n) is 4.44. The number of para-hydroxylation sites is 2. The molecule has 0 spiro atoms. The number of nitro benzene ring substituents is 1. The van der Waals surface area contributed by atoms with Crippen LogP contribution in [-0.4, -0.2) is 46.2 Å². The topological polar surface area (TPSA) is 111 Å². The van der Waals surface area contributed by atoms with Crippen molar-refractivity contribution in [1.29, 1.82) is 0 Å². The lowest BCUT2D eigenvalue weighted by molar-refractivity contribution is -0.384. The number of anilines is 1. The molecule has 3 rings (SSSR count). The van der Waals surface area contributed by atoms with Gasteiger partial charge in [-0.05, 0) is 38.2 Å². The monoisotopic (exact) mass is 407 g/mol. The van der Waals surface area contributed by atoms with Gasteiger partial charge in [0.1, 0.15) is 12.3 Å². The SMILES string of the molecule is CCN(CC1COc2ccccc2O1)c1ccc(S(=O)(=O)NC)cc1[N+](=O)[O-]. The molecular formula is C18H21N3O6S. The van der Waals surface area contributed by atoms with Crippen LogP contribution in [-0.2, 0) is 10.0 Å². The number of sulfonamides is 1. The summed E-state index contributed by atoms with van der Waals surface area (Å²) in [7, 11) is -2.53. The Bertz CT molecular complexity index is 979. The summed E-state index contributed by atoms with van der Waals surface area (Å²) < 4.78 is 37.8. The van der Waals surface area contributed by atoms with E-state index in [2.05, 4.69) is 4.72 Å².